The predicted molar refractivity (Wildman–Crippen MR) is 97.8 cm³/mol. The summed E-state index contributed by atoms with van der Waals surface area (Å²) in [6, 6.07) is 6.53. The Morgan fingerprint density at radius 2 is 2.00 bits per heavy atom. The molecule has 2 aliphatic rings. The number of rotatable bonds is 5. The monoisotopic (exact) mass is 338 g/mol. The van der Waals surface area contributed by atoms with Crippen LogP contribution in [0.25, 0.3) is 6.08 Å². The standard InChI is InChI=1S/C20H22N2O3/c1-2-16(20(24)25)22-17-12-6-5-8-14(17)11-7-13-18(22)21-19(23)15-9-3-4-10-15/h2,5-8,11-13,15-16H,1,3-4,9-10H2,(H,21,23)(H,24,25). The third-order valence-corrected chi connectivity index (χ3v) is 4.72. The Kier molecular flexibility index (Phi) is 5.03. The van der Waals surface area contributed by atoms with Crippen LogP contribution in [0.15, 0.2) is 54.9 Å². The molecule has 0 radical (unpaired) electrons. The molecule has 5 nitrogen and oxygen atoms in total. The van der Waals surface area contributed by atoms with Crippen LogP contribution in [0, 0.1) is 5.92 Å². The van der Waals surface area contributed by atoms with Crippen LogP contribution < -0.4 is 10.2 Å². The van der Waals surface area contributed by atoms with E-state index in [2.05, 4.69) is 11.9 Å². The second-order valence-corrected chi connectivity index (χ2v) is 6.33. The van der Waals surface area contributed by atoms with E-state index in [4.69, 9.17) is 0 Å². The van der Waals surface area contributed by atoms with Crippen LogP contribution in [0.1, 0.15) is 31.2 Å². The van der Waals surface area contributed by atoms with E-state index in [0.717, 1.165) is 36.9 Å². The van der Waals surface area contributed by atoms with Gasteiger partial charge in [0.05, 0.1) is 5.69 Å². The van der Waals surface area contributed by atoms with Crippen molar-refractivity contribution in [3.63, 3.8) is 0 Å². The van der Waals surface area contributed by atoms with Gasteiger partial charge < -0.3 is 15.3 Å². The van der Waals surface area contributed by atoms with Gasteiger partial charge in [-0.1, -0.05) is 49.3 Å². The Bertz CT molecular complexity index is 745. The van der Waals surface area contributed by atoms with E-state index < -0.39 is 12.0 Å². The predicted octanol–water partition coefficient (Wildman–Crippen LogP) is 3.31. The molecule has 130 valence electrons. The number of carboxylic acid groups (broad SMARTS) is 1. The van der Waals surface area contributed by atoms with Gasteiger partial charge in [0.25, 0.3) is 0 Å². The second kappa shape index (κ2) is 7.38. The van der Waals surface area contributed by atoms with Crippen LogP contribution in [0.5, 0.6) is 0 Å². The number of hydrogen-bond acceptors (Lipinski definition) is 3. The highest BCUT2D eigenvalue weighted by atomic mass is 16.4. The molecule has 2 N–H and O–H groups in total. The van der Waals surface area contributed by atoms with E-state index in [1.165, 1.54) is 6.08 Å². The molecule has 1 aromatic rings. The smallest absolute Gasteiger partial charge is 0.330 e. The SMILES string of the molecule is C=CC(C(=O)O)N1C(NC(=O)C2CCCC2)=CC=Cc2ccccc21. The fourth-order valence-corrected chi connectivity index (χ4v) is 3.44. The van der Waals surface area contributed by atoms with E-state index in [-0.39, 0.29) is 11.8 Å². The first-order valence-corrected chi connectivity index (χ1v) is 8.54. The zero-order valence-corrected chi connectivity index (χ0v) is 14.0. The number of nitrogens with one attached hydrogen (secondary N) is 1. The number of amides is 1. The number of benzene rings is 1. The average Bonchev–Trinajstić information content (AvgIpc) is 3.08. The molecule has 1 atom stereocenters. The molecule has 3 rings (SSSR count). The highest BCUT2D eigenvalue weighted by Crippen LogP contribution is 2.31. The van der Waals surface area contributed by atoms with E-state index in [1.54, 1.807) is 11.0 Å². The molecule has 0 saturated heterocycles. The maximum Gasteiger partial charge on any atom is 0.330 e. The lowest BCUT2D eigenvalue weighted by molar-refractivity contribution is -0.137. The molecule has 1 aliphatic heterocycles. The number of aliphatic carboxylic acids is 1. The van der Waals surface area contributed by atoms with Crippen LogP contribution in [0.4, 0.5) is 5.69 Å². The van der Waals surface area contributed by atoms with Crippen molar-refractivity contribution in [2.45, 2.75) is 31.7 Å². The van der Waals surface area contributed by atoms with Gasteiger partial charge >= 0.3 is 5.97 Å². The lowest BCUT2D eigenvalue weighted by Crippen LogP contribution is -2.45. The van der Waals surface area contributed by atoms with Gasteiger partial charge in [0.2, 0.25) is 5.91 Å². The quantitative estimate of drug-likeness (QED) is 0.808. The Morgan fingerprint density at radius 1 is 1.28 bits per heavy atom. The van der Waals surface area contributed by atoms with Crippen LogP contribution in [0.3, 0.4) is 0 Å². The van der Waals surface area contributed by atoms with Gasteiger partial charge in [-0.15, -0.1) is 6.58 Å². The first-order chi connectivity index (χ1) is 12.1. The second-order valence-electron chi connectivity index (χ2n) is 6.33. The van der Waals surface area contributed by atoms with Crippen molar-refractivity contribution in [1.82, 2.24) is 5.32 Å². The number of hydrogen-bond donors (Lipinski definition) is 2. The number of nitrogens with zero attached hydrogens (tertiary/aromatic N) is 1. The molecule has 0 spiro atoms. The van der Waals surface area contributed by atoms with Gasteiger partial charge in [0.1, 0.15) is 5.82 Å². The van der Waals surface area contributed by atoms with Crippen molar-refractivity contribution < 1.29 is 14.7 Å². The summed E-state index contributed by atoms with van der Waals surface area (Å²) in [5.74, 6) is -0.606. The Labute approximate surface area is 147 Å². The first-order valence-electron chi connectivity index (χ1n) is 8.54. The largest absolute Gasteiger partial charge is 0.479 e. The summed E-state index contributed by atoms with van der Waals surface area (Å²) in [5, 5.41) is 12.6. The minimum absolute atomic E-state index is 0.00256. The fourth-order valence-electron chi connectivity index (χ4n) is 3.44. The summed E-state index contributed by atoms with van der Waals surface area (Å²) in [7, 11) is 0. The Morgan fingerprint density at radius 3 is 2.68 bits per heavy atom. The fraction of sp³-hybridized carbons (Fsp3) is 0.300. The van der Waals surface area contributed by atoms with Gasteiger partial charge in [0, 0.05) is 5.92 Å². The van der Waals surface area contributed by atoms with E-state index in [1.807, 2.05) is 36.4 Å². The van der Waals surface area contributed by atoms with Crippen LogP contribution in [0.2, 0.25) is 0 Å². The summed E-state index contributed by atoms with van der Waals surface area (Å²) in [5.41, 5.74) is 1.61. The molecule has 25 heavy (non-hydrogen) atoms. The number of fused-ring (bicyclic) bond motifs is 1. The van der Waals surface area contributed by atoms with Crippen molar-refractivity contribution >= 4 is 23.6 Å². The van der Waals surface area contributed by atoms with Crippen LogP contribution in [-0.2, 0) is 9.59 Å². The molecule has 1 fully saturated rings. The summed E-state index contributed by atoms with van der Waals surface area (Å²) < 4.78 is 0. The third kappa shape index (κ3) is 3.50. The Balaban J connectivity index is 1.97. The molecule has 1 aromatic carbocycles. The van der Waals surface area contributed by atoms with Crippen LogP contribution >= 0.6 is 0 Å². The lowest BCUT2D eigenvalue weighted by atomic mass is 10.1. The van der Waals surface area contributed by atoms with Crippen molar-refractivity contribution in [2.24, 2.45) is 5.92 Å². The lowest BCUT2D eigenvalue weighted by Gasteiger charge is -2.32. The van der Waals surface area contributed by atoms with Crippen LogP contribution in [-0.4, -0.2) is 23.0 Å². The van der Waals surface area contributed by atoms with Gasteiger partial charge in [-0.2, -0.15) is 0 Å². The Hall–Kier alpha value is -2.82. The molecule has 1 saturated carbocycles. The molecular formula is C20H22N2O3. The maximum atomic E-state index is 12.6. The van der Waals surface area contributed by atoms with Crippen molar-refractivity contribution in [3.8, 4) is 0 Å². The molecule has 1 heterocycles. The molecular weight excluding hydrogens is 316 g/mol. The van der Waals surface area contributed by atoms with Crippen molar-refractivity contribution in [1.29, 1.82) is 0 Å². The summed E-state index contributed by atoms with van der Waals surface area (Å²) in [6.07, 6.45) is 10.7. The van der Waals surface area contributed by atoms with E-state index in [0.29, 0.717) is 5.82 Å². The average molecular weight is 338 g/mol. The zero-order valence-electron chi connectivity index (χ0n) is 14.0. The molecule has 0 aromatic heterocycles. The first kappa shape index (κ1) is 17.0. The van der Waals surface area contributed by atoms with Gasteiger partial charge in [-0.05, 0) is 30.5 Å². The zero-order chi connectivity index (χ0) is 17.8. The highest BCUT2D eigenvalue weighted by Gasteiger charge is 2.31. The number of para-hydroxylation sites is 1. The molecule has 1 aliphatic carbocycles. The molecule has 5 heteroatoms. The van der Waals surface area contributed by atoms with E-state index in [9.17, 15) is 14.7 Å². The maximum absolute atomic E-state index is 12.6. The summed E-state index contributed by atoms with van der Waals surface area (Å²) in [6.45, 7) is 3.67. The number of carbonyl (C=O) groups excluding carboxylic acids is 1. The summed E-state index contributed by atoms with van der Waals surface area (Å²) in [4.78, 5) is 26.0. The van der Waals surface area contributed by atoms with Gasteiger partial charge in [-0.3, -0.25) is 4.79 Å². The third-order valence-electron chi connectivity index (χ3n) is 4.72. The molecule has 0 bridgehead atoms. The molecule has 1 unspecified atom stereocenters. The number of carboxylic acids is 1. The normalized spacial score (nSPS) is 18.1. The van der Waals surface area contributed by atoms with Crippen molar-refractivity contribution in [2.75, 3.05) is 4.90 Å². The van der Waals surface area contributed by atoms with Gasteiger partial charge in [0.15, 0.2) is 6.04 Å². The summed E-state index contributed by atoms with van der Waals surface area (Å²) >= 11 is 0. The van der Waals surface area contributed by atoms with E-state index >= 15 is 0 Å². The molecule has 1 amide bonds. The number of allylic oxidation sites excluding steroid dienone is 2. The number of anilines is 1. The highest BCUT2D eigenvalue weighted by molar-refractivity contribution is 5.87. The number of carbonyl (C=O) groups is 2. The van der Waals surface area contributed by atoms with Crippen molar-refractivity contribution in [3.05, 3.63) is 60.5 Å². The van der Waals surface area contributed by atoms with Gasteiger partial charge in [-0.25, -0.2) is 4.79 Å². The topological polar surface area (TPSA) is 69.6 Å². The minimum atomic E-state index is -1.02. The minimum Gasteiger partial charge on any atom is -0.479 e.